The normalized spacial score (nSPS) is 8.62. The van der Waals surface area contributed by atoms with E-state index in [1.54, 1.807) is 12.1 Å². The molecule has 0 aliphatic heterocycles. The monoisotopic (exact) mass is 176 g/mol. The van der Waals surface area contributed by atoms with Crippen LogP contribution in [0.1, 0.15) is 12.0 Å². The predicted molar refractivity (Wildman–Crippen MR) is 47.2 cm³/mol. The summed E-state index contributed by atoms with van der Waals surface area (Å²) in [5.41, 5.74) is 0.694. The van der Waals surface area contributed by atoms with Crippen LogP contribution < -0.4 is 0 Å². The van der Waals surface area contributed by atoms with Crippen molar-refractivity contribution in [3.63, 3.8) is 0 Å². The molecule has 0 bridgehead atoms. The van der Waals surface area contributed by atoms with Crippen LogP contribution in [0.15, 0.2) is 24.3 Å². The van der Waals surface area contributed by atoms with E-state index >= 15 is 0 Å². The van der Waals surface area contributed by atoms with Crippen molar-refractivity contribution in [3.05, 3.63) is 29.8 Å². The van der Waals surface area contributed by atoms with Gasteiger partial charge < -0.3 is 10.2 Å². The van der Waals surface area contributed by atoms with Gasteiger partial charge in [0.15, 0.2) is 0 Å². The van der Waals surface area contributed by atoms with Crippen molar-refractivity contribution in [2.24, 2.45) is 0 Å². The number of aromatic hydroxyl groups is 1. The number of hydrogen-bond donors (Lipinski definition) is 2. The van der Waals surface area contributed by atoms with Crippen LogP contribution in [-0.2, 0) is 4.79 Å². The fourth-order valence-corrected chi connectivity index (χ4v) is 0.767. The average Bonchev–Trinajstić information content (AvgIpc) is 2.08. The number of aliphatic carboxylic acids is 1. The molecule has 1 aromatic carbocycles. The molecule has 2 N–H and O–H groups in total. The number of phenolic OH excluding ortho intramolecular Hbond substituents is 1. The van der Waals surface area contributed by atoms with Crippen LogP contribution in [-0.4, -0.2) is 16.2 Å². The quantitative estimate of drug-likeness (QED) is 0.632. The van der Waals surface area contributed by atoms with Gasteiger partial charge in [-0.15, -0.1) is 0 Å². The summed E-state index contributed by atoms with van der Waals surface area (Å²) in [6.07, 6.45) is -0.166. The first-order valence-electron chi connectivity index (χ1n) is 3.68. The lowest BCUT2D eigenvalue weighted by Gasteiger charge is -1.90. The number of hydrogen-bond acceptors (Lipinski definition) is 2. The number of rotatable bonds is 1. The van der Waals surface area contributed by atoms with E-state index in [1.807, 2.05) is 0 Å². The van der Waals surface area contributed by atoms with E-state index < -0.39 is 5.97 Å². The van der Waals surface area contributed by atoms with Gasteiger partial charge in [0.25, 0.3) is 0 Å². The van der Waals surface area contributed by atoms with Crippen LogP contribution in [0.4, 0.5) is 0 Å². The standard InChI is InChI=1S/C10H8O3/c11-9-6-4-8(5-7-9)2-1-3-10(12)13/h4-7,11H,3H2,(H,12,13). The van der Waals surface area contributed by atoms with Crippen LogP contribution in [0.25, 0.3) is 0 Å². The summed E-state index contributed by atoms with van der Waals surface area (Å²) in [6.45, 7) is 0. The third-order valence-electron chi connectivity index (χ3n) is 1.34. The van der Waals surface area contributed by atoms with Gasteiger partial charge in [0.05, 0.1) is 0 Å². The van der Waals surface area contributed by atoms with Gasteiger partial charge in [-0.3, -0.25) is 4.79 Å². The van der Waals surface area contributed by atoms with Crippen LogP contribution >= 0.6 is 0 Å². The third kappa shape index (κ3) is 3.30. The highest BCUT2D eigenvalue weighted by Gasteiger charge is 1.90. The molecule has 0 saturated heterocycles. The molecule has 1 rings (SSSR count). The highest BCUT2D eigenvalue weighted by Crippen LogP contribution is 2.08. The summed E-state index contributed by atoms with van der Waals surface area (Å²) in [7, 11) is 0. The van der Waals surface area contributed by atoms with Gasteiger partial charge in [0, 0.05) is 5.56 Å². The topological polar surface area (TPSA) is 57.5 Å². The maximum Gasteiger partial charge on any atom is 0.315 e. The van der Waals surface area contributed by atoms with Gasteiger partial charge in [-0.1, -0.05) is 11.8 Å². The van der Waals surface area contributed by atoms with Gasteiger partial charge in [-0.2, -0.15) is 0 Å². The number of carboxylic acid groups (broad SMARTS) is 1. The highest BCUT2D eigenvalue weighted by atomic mass is 16.4. The number of benzene rings is 1. The lowest BCUT2D eigenvalue weighted by Crippen LogP contribution is -1.90. The minimum absolute atomic E-state index is 0.166. The predicted octanol–water partition coefficient (Wildman–Crippen LogP) is 1.22. The van der Waals surface area contributed by atoms with Crippen molar-refractivity contribution in [3.8, 4) is 17.6 Å². The molecular formula is C10H8O3. The Morgan fingerprint density at radius 3 is 2.46 bits per heavy atom. The molecule has 0 spiro atoms. The fraction of sp³-hybridized carbons (Fsp3) is 0.100. The first kappa shape index (κ1) is 9.14. The van der Waals surface area contributed by atoms with Crippen LogP contribution in [0.2, 0.25) is 0 Å². The minimum Gasteiger partial charge on any atom is -0.508 e. The lowest BCUT2D eigenvalue weighted by atomic mass is 10.2. The zero-order valence-electron chi connectivity index (χ0n) is 6.82. The molecule has 66 valence electrons. The molecule has 1 aromatic rings. The molecule has 0 unspecified atom stereocenters. The van der Waals surface area contributed by atoms with E-state index in [4.69, 9.17) is 10.2 Å². The number of carboxylic acids is 1. The first-order valence-corrected chi connectivity index (χ1v) is 3.68. The summed E-state index contributed by atoms with van der Waals surface area (Å²) in [4.78, 5) is 10.1. The molecule has 0 fully saturated rings. The first-order chi connectivity index (χ1) is 6.18. The van der Waals surface area contributed by atoms with Gasteiger partial charge in [0.2, 0.25) is 0 Å². The summed E-state index contributed by atoms with van der Waals surface area (Å²) in [5, 5.41) is 17.2. The van der Waals surface area contributed by atoms with Crippen molar-refractivity contribution < 1.29 is 15.0 Å². The molecule has 13 heavy (non-hydrogen) atoms. The summed E-state index contributed by atoms with van der Waals surface area (Å²) in [6, 6.07) is 6.27. The Morgan fingerprint density at radius 1 is 1.31 bits per heavy atom. The second-order valence-electron chi connectivity index (χ2n) is 2.42. The molecule has 0 aliphatic rings. The Kier molecular flexibility index (Phi) is 2.93. The Labute approximate surface area is 75.6 Å². The Hall–Kier alpha value is -1.95. The highest BCUT2D eigenvalue weighted by molar-refractivity contribution is 5.70. The van der Waals surface area contributed by atoms with Crippen LogP contribution in [0.5, 0.6) is 5.75 Å². The molecule has 0 radical (unpaired) electrons. The average molecular weight is 176 g/mol. The van der Waals surface area contributed by atoms with Crippen molar-refractivity contribution in [2.45, 2.75) is 6.42 Å². The third-order valence-corrected chi connectivity index (χ3v) is 1.34. The lowest BCUT2D eigenvalue weighted by molar-refractivity contribution is -0.135. The maximum absolute atomic E-state index is 10.1. The van der Waals surface area contributed by atoms with E-state index in [-0.39, 0.29) is 12.2 Å². The van der Waals surface area contributed by atoms with E-state index in [9.17, 15) is 4.79 Å². The van der Waals surface area contributed by atoms with Gasteiger partial charge in [-0.05, 0) is 24.3 Å². The molecule has 3 nitrogen and oxygen atoms in total. The van der Waals surface area contributed by atoms with E-state index in [0.29, 0.717) is 5.56 Å². The van der Waals surface area contributed by atoms with Crippen molar-refractivity contribution in [1.82, 2.24) is 0 Å². The van der Waals surface area contributed by atoms with Crippen LogP contribution in [0, 0.1) is 11.8 Å². The summed E-state index contributed by atoms with van der Waals surface area (Å²) < 4.78 is 0. The molecule has 0 atom stereocenters. The molecular weight excluding hydrogens is 168 g/mol. The molecule has 0 aromatic heterocycles. The molecule has 0 saturated carbocycles. The SMILES string of the molecule is O=C(O)CC#Cc1ccc(O)cc1. The second-order valence-corrected chi connectivity index (χ2v) is 2.42. The number of carbonyl (C=O) groups is 1. The molecule has 0 aliphatic carbocycles. The van der Waals surface area contributed by atoms with E-state index in [0.717, 1.165) is 0 Å². The Bertz CT molecular complexity index is 354. The van der Waals surface area contributed by atoms with Crippen molar-refractivity contribution >= 4 is 5.97 Å². The van der Waals surface area contributed by atoms with Crippen LogP contribution in [0.3, 0.4) is 0 Å². The fourth-order valence-electron chi connectivity index (χ4n) is 0.767. The zero-order valence-corrected chi connectivity index (χ0v) is 6.82. The summed E-state index contributed by atoms with van der Waals surface area (Å²) >= 11 is 0. The summed E-state index contributed by atoms with van der Waals surface area (Å²) in [5.74, 6) is 4.38. The van der Waals surface area contributed by atoms with Gasteiger partial charge >= 0.3 is 5.97 Å². The zero-order chi connectivity index (χ0) is 9.68. The molecule has 0 heterocycles. The smallest absolute Gasteiger partial charge is 0.315 e. The van der Waals surface area contributed by atoms with Crippen molar-refractivity contribution in [2.75, 3.05) is 0 Å². The minimum atomic E-state index is -0.939. The number of phenols is 1. The second kappa shape index (κ2) is 4.17. The van der Waals surface area contributed by atoms with E-state index in [2.05, 4.69) is 11.8 Å². The Balaban J connectivity index is 2.67. The maximum atomic E-state index is 10.1. The largest absolute Gasteiger partial charge is 0.508 e. The molecule has 0 amide bonds. The van der Waals surface area contributed by atoms with Gasteiger partial charge in [-0.25, -0.2) is 0 Å². The van der Waals surface area contributed by atoms with Gasteiger partial charge in [0.1, 0.15) is 12.2 Å². The molecule has 3 heteroatoms. The van der Waals surface area contributed by atoms with Crippen molar-refractivity contribution in [1.29, 1.82) is 0 Å². The van der Waals surface area contributed by atoms with E-state index in [1.165, 1.54) is 12.1 Å². The Morgan fingerprint density at radius 2 is 1.92 bits per heavy atom.